The summed E-state index contributed by atoms with van der Waals surface area (Å²) in [4.78, 5) is 13.1. The van der Waals surface area contributed by atoms with Gasteiger partial charge in [0.1, 0.15) is 5.75 Å². The third-order valence-corrected chi connectivity index (χ3v) is 4.02. The number of rotatable bonds is 4. The zero-order valence-electron chi connectivity index (χ0n) is 14.2. The van der Waals surface area contributed by atoms with E-state index in [0.717, 1.165) is 27.9 Å². The first kappa shape index (κ1) is 19.8. The molecule has 1 aromatic heterocycles. The SMILES string of the molecule is COc1cccc2c1N(CCn1ccc(C(F)(F)F)n1)C(=O)OC2C(F)(F)F. The summed E-state index contributed by atoms with van der Waals surface area (Å²) in [7, 11) is 1.22. The average molecular weight is 409 g/mol. The Morgan fingerprint density at radius 1 is 1.14 bits per heavy atom. The molecule has 0 N–H and O–H groups in total. The van der Waals surface area contributed by atoms with Crippen molar-refractivity contribution >= 4 is 11.8 Å². The number of alkyl halides is 6. The Balaban J connectivity index is 1.91. The predicted octanol–water partition coefficient (Wildman–Crippen LogP) is 4.17. The summed E-state index contributed by atoms with van der Waals surface area (Å²) < 4.78 is 88.2. The molecule has 152 valence electrons. The molecule has 6 nitrogen and oxygen atoms in total. The van der Waals surface area contributed by atoms with Crippen LogP contribution in [0, 0.1) is 0 Å². The molecule has 0 saturated carbocycles. The number of fused-ring (bicyclic) bond motifs is 1. The lowest BCUT2D eigenvalue weighted by atomic mass is 10.0. The van der Waals surface area contributed by atoms with Crippen molar-refractivity contribution in [3.8, 4) is 5.75 Å². The Labute approximate surface area is 154 Å². The predicted molar refractivity (Wildman–Crippen MR) is 82.8 cm³/mol. The first-order valence-corrected chi connectivity index (χ1v) is 7.85. The molecule has 0 spiro atoms. The standard InChI is InChI=1S/C16H13F6N3O3/c1-27-10-4-2-3-9-12(10)25(14(26)28-13(9)16(20,21)22)8-7-24-6-5-11(23-24)15(17,18)19/h2-6,13H,7-8H2,1H3. The highest BCUT2D eigenvalue weighted by atomic mass is 19.4. The summed E-state index contributed by atoms with van der Waals surface area (Å²) >= 11 is 0. The van der Waals surface area contributed by atoms with Crippen LogP contribution in [0.5, 0.6) is 5.75 Å². The van der Waals surface area contributed by atoms with Crippen LogP contribution in [0.4, 0.5) is 36.8 Å². The third-order valence-electron chi connectivity index (χ3n) is 4.02. The molecule has 12 heteroatoms. The van der Waals surface area contributed by atoms with E-state index in [9.17, 15) is 31.1 Å². The summed E-state index contributed by atoms with van der Waals surface area (Å²) in [6.07, 6.45) is -12.2. The quantitative estimate of drug-likeness (QED) is 0.712. The first-order valence-electron chi connectivity index (χ1n) is 7.85. The number of nitrogens with zero attached hydrogens (tertiary/aromatic N) is 3. The number of para-hydroxylation sites is 1. The van der Waals surface area contributed by atoms with Gasteiger partial charge in [-0.25, -0.2) is 4.79 Å². The lowest BCUT2D eigenvalue weighted by Crippen LogP contribution is -2.43. The third kappa shape index (κ3) is 3.71. The Bertz CT molecular complexity index is 877. The molecule has 1 aliphatic rings. The minimum Gasteiger partial charge on any atom is -0.495 e. The zero-order valence-corrected chi connectivity index (χ0v) is 14.2. The van der Waals surface area contributed by atoms with E-state index in [0.29, 0.717) is 0 Å². The van der Waals surface area contributed by atoms with Crippen molar-refractivity contribution in [3.05, 3.63) is 41.7 Å². The van der Waals surface area contributed by atoms with Crippen molar-refractivity contribution in [2.45, 2.75) is 25.0 Å². The van der Waals surface area contributed by atoms with Gasteiger partial charge in [-0.2, -0.15) is 31.4 Å². The summed E-state index contributed by atoms with van der Waals surface area (Å²) in [6.45, 7) is -0.491. The molecule has 1 aliphatic heterocycles. The van der Waals surface area contributed by atoms with Gasteiger partial charge in [-0.1, -0.05) is 12.1 Å². The van der Waals surface area contributed by atoms with E-state index >= 15 is 0 Å². The van der Waals surface area contributed by atoms with Gasteiger partial charge in [0, 0.05) is 18.3 Å². The van der Waals surface area contributed by atoms with Gasteiger partial charge in [-0.15, -0.1) is 0 Å². The van der Waals surface area contributed by atoms with Gasteiger partial charge in [0.15, 0.2) is 5.69 Å². The summed E-state index contributed by atoms with van der Waals surface area (Å²) in [5.41, 5.74) is -1.60. The van der Waals surface area contributed by atoms with Gasteiger partial charge in [0.25, 0.3) is 0 Å². The molecule has 1 aromatic carbocycles. The van der Waals surface area contributed by atoms with E-state index in [-0.39, 0.29) is 30.1 Å². The largest absolute Gasteiger partial charge is 0.495 e. The highest BCUT2D eigenvalue weighted by Gasteiger charge is 2.50. The molecule has 1 unspecified atom stereocenters. The second kappa shape index (κ2) is 6.91. The number of halogens is 6. The first-order chi connectivity index (χ1) is 13.0. The van der Waals surface area contributed by atoms with Crippen molar-refractivity contribution in [1.29, 1.82) is 0 Å². The Morgan fingerprint density at radius 2 is 1.86 bits per heavy atom. The zero-order chi connectivity index (χ0) is 20.7. The minimum absolute atomic E-state index is 0.000143. The number of ether oxygens (including phenoxy) is 2. The fraction of sp³-hybridized carbons (Fsp3) is 0.375. The van der Waals surface area contributed by atoms with Crippen LogP contribution in [-0.4, -0.2) is 35.7 Å². The number of amides is 1. The van der Waals surface area contributed by atoms with Gasteiger partial charge < -0.3 is 9.47 Å². The van der Waals surface area contributed by atoms with E-state index in [1.54, 1.807) is 0 Å². The fourth-order valence-electron chi connectivity index (χ4n) is 2.81. The van der Waals surface area contributed by atoms with Gasteiger partial charge >= 0.3 is 18.4 Å². The summed E-state index contributed by atoms with van der Waals surface area (Å²) in [5, 5.41) is 3.35. The molecular formula is C16H13F6N3O3. The summed E-state index contributed by atoms with van der Waals surface area (Å²) in [5.74, 6) is -0.000143. The maximum atomic E-state index is 13.3. The molecule has 0 bridgehead atoms. The topological polar surface area (TPSA) is 56.6 Å². The number of carbonyl (C=O) groups excluding carboxylic acids is 1. The van der Waals surface area contributed by atoms with E-state index in [4.69, 9.17) is 4.74 Å². The molecule has 0 fully saturated rings. The van der Waals surface area contributed by atoms with Gasteiger partial charge in [0.2, 0.25) is 6.10 Å². The number of benzene rings is 1. The molecule has 1 amide bonds. The number of cyclic esters (lactones) is 1. The molecule has 28 heavy (non-hydrogen) atoms. The Kier molecular flexibility index (Phi) is 4.90. The Morgan fingerprint density at radius 3 is 2.43 bits per heavy atom. The lowest BCUT2D eigenvalue weighted by Gasteiger charge is -2.35. The van der Waals surface area contributed by atoms with E-state index < -0.39 is 30.2 Å². The van der Waals surface area contributed by atoms with Gasteiger partial charge in [0.05, 0.1) is 19.3 Å². The monoisotopic (exact) mass is 409 g/mol. The molecular weight excluding hydrogens is 396 g/mol. The normalized spacial score (nSPS) is 17.3. The molecule has 0 radical (unpaired) electrons. The van der Waals surface area contributed by atoms with Crippen LogP contribution in [-0.2, 0) is 17.5 Å². The summed E-state index contributed by atoms with van der Waals surface area (Å²) in [6, 6.07) is 4.58. The van der Waals surface area contributed by atoms with E-state index in [1.165, 1.54) is 19.2 Å². The van der Waals surface area contributed by atoms with Crippen LogP contribution in [0.15, 0.2) is 30.5 Å². The van der Waals surface area contributed by atoms with E-state index in [1.807, 2.05) is 0 Å². The van der Waals surface area contributed by atoms with Crippen LogP contribution in [0.3, 0.4) is 0 Å². The minimum atomic E-state index is -4.84. The fourth-order valence-corrected chi connectivity index (χ4v) is 2.81. The van der Waals surface area contributed by atoms with Crippen LogP contribution >= 0.6 is 0 Å². The number of methoxy groups -OCH3 is 1. The van der Waals surface area contributed by atoms with Crippen LogP contribution in [0.1, 0.15) is 17.4 Å². The number of aromatic nitrogens is 2. The molecule has 0 saturated heterocycles. The number of anilines is 1. The number of carbonyl (C=O) groups is 1. The molecule has 3 rings (SSSR count). The van der Waals surface area contributed by atoms with Crippen molar-refractivity contribution in [3.63, 3.8) is 0 Å². The van der Waals surface area contributed by atoms with E-state index in [2.05, 4.69) is 9.84 Å². The highest BCUT2D eigenvalue weighted by molar-refractivity contribution is 5.93. The second-order valence-electron chi connectivity index (χ2n) is 5.82. The number of hydrogen-bond acceptors (Lipinski definition) is 4. The van der Waals surface area contributed by atoms with Crippen molar-refractivity contribution in [2.75, 3.05) is 18.6 Å². The maximum absolute atomic E-state index is 13.3. The van der Waals surface area contributed by atoms with Gasteiger partial charge in [-0.3, -0.25) is 9.58 Å². The van der Waals surface area contributed by atoms with Gasteiger partial charge in [-0.05, 0) is 12.1 Å². The number of hydrogen-bond donors (Lipinski definition) is 0. The average Bonchev–Trinajstić information content (AvgIpc) is 3.08. The van der Waals surface area contributed by atoms with Crippen molar-refractivity contribution in [2.24, 2.45) is 0 Å². The second-order valence-corrected chi connectivity index (χ2v) is 5.82. The lowest BCUT2D eigenvalue weighted by molar-refractivity contribution is -0.207. The molecule has 2 heterocycles. The van der Waals surface area contributed by atoms with Crippen LogP contribution < -0.4 is 9.64 Å². The molecule has 2 aromatic rings. The molecule has 0 aliphatic carbocycles. The van der Waals surface area contributed by atoms with Crippen molar-refractivity contribution in [1.82, 2.24) is 9.78 Å². The van der Waals surface area contributed by atoms with Crippen LogP contribution in [0.2, 0.25) is 0 Å². The molecule has 1 atom stereocenters. The van der Waals surface area contributed by atoms with Crippen molar-refractivity contribution < 1.29 is 40.6 Å². The Hall–Kier alpha value is -2.92. The maximum Gasteiger partial charge on any atom is 0.435 e. The van der Waals surface area contributed by atoms with Crippen LogP contribution in [0.25, 0.3) is 0 Å². The highest BCUT2D eigenvalue weighted by Crippen LogP contribution is 2.47. The smallest absolute Gasteiger partial charge is 0.435 e.